The highest BCUT2D eigenvalue weighted by Gasteiger charge is 2.58. The van der Waals surface area contributed by atoms with Gasteiger partial charge in [0.2, 0.25) is 0 Å². The molecule has 0 aromatic carbocycles. The predicted molar refractivity (Wildman–Crippen MR) is 100 cm³/mol. The smallest absolute Gasteiger partial charge is 0.303 e. The van der Waals surface area contributed by atoms with Gasteiger partial charge in [0.25, 0.3) is 0 Å². The zero-order valence-corrected chi connectivity index (χ0v) is 16.5. The fourth-order valence-corrected chi connectivity index (χ4v) is 5.63. The van der Waals surface area contributed by atoms with E-state index in [-0.39, 0.29) is 18.2 Å². The van der Waals surface area contributed by atoms with Gasteiger partial charge >= 0.3 is 5.97 Å². The normalized spacial score (nSPS) is 43.5. The number of rotatable bonds is 2. The molecular weight excluding hydrogens is 312 g/mol. The molecule has 0 spiro atoms. The summed E-state index contributed by atoms with van der Waals surface area (Å²) in [5, 5.41) is 0. The Morgan fingerprint density at radius 1 is 1.44 bits per heavy atom. The van der Waals surface area contributed by atoms with Crippen molar-refractivity contribution < 1.29 is 14.3 Å². The van der Waals surface area contributed by atoms with Crippen LogP contribution in [0.2, 0.25) is 0 Å². The molecule has 3 aliphatic rings. The molecule has 0 N–H and O–H groups in total. The molecule has 2 bridgehead atoms. The summed E-state index contributed by atoms with van der Waals surface area (Å²) in [4.78, 5) is 11.9. The average molecular weight is 347 g/mol. The lowest BCUT2D eigenvalue weighted by Gasteiger charge is -2.44. The Hall–Kier alpha value is -1.09. The quantitative estimate of drug-likeness (QED) is 0.518. The van der Waals surface area contributed by atoms with Crippen LogP contribution in [0, 0.1) is 23.7 Å². The van der Waals surface area contributed by atoms with Gasteiger partial charge < -0.3 is 9.47 Å². The van der Waals surface area contributed by atoms with Gasteiger partial charge in [-0.05, 0) is 57.8 Å². The van der Waals surface area contributed by atoms with E-state index in [0.717, 1.165) is 25.7 Å². The second-order valence-electron chi connectivity index (χ2n) is 9.00. The van der Waals surface area contributed by atoms with Crippen molar-refractivity contribution in [2.75, 3.05) is 0 Å². The van der Waals surface area contributed by atoms with Crippen LogP contribution < -0.4 is 0 Å². The van der Waals surface area contributed by atoms with Crippen molar-refractivity contribution >= 4 is 5.97 Å². The van der Waals surface area contributed by atoms with Gasteiger partial charge in [-0.2, -0.15) is 0 Å². The zero-order valence-electron chi connectivity index (χ0n) is 16.5. The van der Waals surface area contributed by atoms with E-state index >= 15 is 0 Å². The lowest BCUT2D eigenvalue weighted by Crippen LogP contribution is -2.50. The standard InChI is InChI=1S/C22H34O3/c1-13(2)17-10-9-15(4)19-18-12-14(3)8-7-11-22(6,25-16(5)23)21(24-18)20(17)19/h8,13,17-21H,4,7,9-12H2,1-3,5-6H3/b14-8+/t17-,18?,19-,20-,21?,22?/m1/s1. The molecule has 3 unspecified atom stereocenters. The molecular formula is C22H34O3. The molecule has 25 heavy (non-hydrogen) atoms. The van der Waals surface area contributed by atoms with Crippen LogP contribution in [0.15, 0.2) is 23.8 Å². The zero-order chi connectivity index (χ0) is 18.4. The van der Waals surface area contributed by atoms with Crippen molar-refractivity contribution in [3.63, 3.8) is 0 Å². The van der Waals surface area contributed by atoms with Crippen LogP contribution in [-0.4, -0.2) is 23.8 Å². The van der Waals surface area contributed by atoms with E-state index in [1.165, 1.54) is 24.5 Å². The highest BCUT2D eigenvalue weighted by atomic mass is 16.6. The molecule has 0 amide bonds. The monoisotopic (exact) mass is 346 g/mol. The van der Waals surface area contributed by atoms with Crippen LogP contribution in [0.3, 0.4) is 0 Å². The Morgan fingerprint density at radius 2 is 2.16 bits per heavy atom. The number of carbonyl (C=O) groups is 1. The summed E-state index contributed by atoms with van der Waals surface area (Å²) in [6, 6.07) is 0. The van der Waals surface area contributed by atoms with Gasteiger partial charge in [-0.25, -0.2) is 0 Å². The summed E-state index contributed by atoms with van der Waals surface area (Å²) >= 11 is 0. The number of allylic oxidation sites excluding steroid dienone is 1. The molecule has 1 aliphatic carbocycles. The number of carbonyl (C=O) groups excluding carboxylic acids is 1. The minimum atomic E-state index is -0.560. The molecule has 0 aromatic rings. The lowest BCUT2D eigenvalue weighted by molar-refractivity contribution is -0.178. The van der Waals surface area contributed by atoms with Crippen LogP contribution in [-0.2, 0) is 14.3 Å². The largest absolute Gasteiger partial charge is 0.457 e. The van der Waals surface area contributed by atoms with Gasteiger partial charge in [-0.3, -0.25) is 4.79 Å². The summed E-state index contributed by atoms with van der Waals surface area (Å²) in [5.74, 6) is 1.79. The minimum Gasteiger partial charge on any atom is -0.457 e. The topological polar surface area (TPSA) is 35.5 Å². The lowest BCUT2D eigenvalue weighted by atomic mass is 9.61. The molecule has 3 rings (SSSR count). The Morgan fingerprint density at radius 3 is 2.80 bits per heavy atom. The van der Waals surface area contributed by atoms with Crippen LogP contribution in [0.1, 0.15) is 66.7 Å². The van der Waals surface area contributed by atoms with E-state index < -0.39 is 5.60 Å². The van der Waals surface area contributed by atoms with E-state index in [0.29, 0.717) is 23.7 Å². The van der Waals surface area contributed by atoms with Gasteiger partial charge in [-0.1, -0.05) is 37.6 Å². The first-order chi connectivity index (χ1) is 11.7. The van der Waals surface area contributed by atoms with E-state index in [1.807, 2.05) is 0 Å². The van der Waals surface area contributed by atoms with Gasteiger partial charge in [0.1, 0.15) is 11.7 Å². The third-order valence-electron chi connectivity index (χ3n) is 6.74. The second kappa shape index (κ2) is 6.90. The Bertz CT molecular complexity index is 576. The molecule has 1 saturated heterocycles. The van der Waals surface area contributed by atoms with Gasteiger partial charge in [0, 0.05) is 18.8 Å². The highest BCUT2D eigenvalue weighted by molar-refractivity contribution is 5.66. The molecule has 2 heterocycles. The van der Waals surface area contributed by atoms with Crippen LogP contribution in [0.25, 0.3) is 0 Å². The maximum atomic E-state index is 11.9. The number of hydrogen-bond donors (Lipinski definition) is 0. The van der Waals surface area contributed by atoms with Crippen LogP contribution in [0.4, 0.5) is 0 Å². The molecule has 1 saturated carbocycles. The molecule has 2 fully saturated rings. The Labute approximate surface area is 152 Å². The van der Waals surface area contributed by atoms with Crippen molar-refractivity contribution in [2.24, 2.45) is 23.7 Å². The number of esters is 1. The van der Waals surface area contributed by atoms with Crippen molar-refractivity contribution in [3.05, 3.63) is 23.8 Å². The van der Waals surface area contributed by atoms with Crippen molar-refractivity contribution in [1.82, 2.24) is 0 Å². The molecule has 3 nitrogen and oxygen atoms in total. The summed E-state index contributed by atoms with van der Waals surface area (Å²) < 4.78 is 12.6. The van der Waals surface area contributed by atoms with E-state index in [1.54, 1.807) is 0 Å². The SMILES string of the molecule is C=C1CC[C@H](C(C)C)[C@H]2C3OC(C/C(C)=C/CCC3(C)OC(C)=O)[C@@H]12. The van der Waals surface area contributed by atoms with Gasteiger partial charge in [-0.15, -0.1) is 0 Å². The van der Waals surface area contributed by atoms with E-state index in [2.05, 4.69) is 40.3 Å². The highest BCUT2D eigenvalue weighted by Crippen LogP contribution is 2.55. The van der Waals surface area contributed by atoms with Crippen molar-refractivity contribution in [3.8, 4) is 0 Å². The molecule has 0 aromatic heterocycles. The third kappa shape index (κ3) is 3.45. The van der Waals surface area contributed by atoms with Gasteiger partial charge in [0.05, 0.1) is 6.10 Å². The van der Waals surface area contributed by atoms with Crippen molar-refractivity contribution in [1.29, 1.82) is 0 Å². The first-order valence-electron chi connectivity index (χ1n) is 9.91. The maximum Gasteiger partial charge on any atom is 0.303 e. The number of ether oxygens (including phenoxy) is 2. The molecule has 6 atom stereocenters. The molecule has 3 heteroatoms. The van der Waals surface area contributed by atoms with Crippen LogP contribution >= 0.6 is 0 Å². The third-order valence-corrected chi connectivity index (χ3v) is 6.74. The summed E-state index contributed by atoms with van der Waals surface area (Å²) in [5.41, 5.74) is 2.17. The van der Waals surface area contributed by atoms with Gasteiger partial charge in [0.15, 0.2) is 0 Å². The molecule has 140 valence electrons. The second-order valence-corrected chi connectivity index (χ2v) is 9.00. The predicted octanol–water partition coefficient (Wildman–Crippen LogP) is 5.06. The Kier molecular flexibility index (Phi) is 5.16. The van der Waals surface area contributed by atoms with E-state index in [9.17, 15) is 4.79 Å². The van der Waals surface area contributed by atoms with E-state index in [4.69, 9.17) is 9.47 Å². The summed E-state index contributed by atoms with van der Waals surface area (Å²) in [6.45, 7) is 14.9. The Balaban J connectivity index is 2.05. The summed E-state index contributed by atoms with van der Waals surface area (Å²) in [6.07, 6.45) is 7.45. The summed E-state index contributed by atoms with van der Waals surface area (Å²) in [7, 11) is 0. The minimum absolute atomic E-state index is 0.0323. The fraction of sp³-hybridized carbons (Fsp3) is 0.773. The first kappa shape index (κ1) is 18.7. The maximum absolute atomic E-state index is 11.9. The fourth-order valence-electron chi connectivity index (χ4n) is 5.63. The molecule has 0 radical (unpaired) electrons. The molecule has 2 aliphatic heterocycles. The first-order valence-corrected chi connectivity index (χ1v) is 9.91. The van der Waals surface area contributed by atoms with Crippen molar-refractivity contribution in [2.45, 2.75) is 84.5 Å². The number of hydrogen-bond acceptors (Lipinski definition) is 3. The number of fused-ring (bicyclic) bond motifs is 5. The average Bonchev–Trinajstić information content (AvgIpc) is 2.88. The van der Waals surface area contributed by atoms with Crippen LogP contribution in [0.5, 0.6) is 0 Å².